The van der Waals surface area contributed by atoms with Crippen LogP contribution in [0.2, 0.25) is 0 Å². The van der Waals surface area contributed by atoms with Gasteiger partial charge in [0.1, 0.15) is 6.10 Å². The Kier molecular flexibility index (Phi) is 3.74. The summed E-state index contributed by atoms with van der Waals surface area (Å²) in [5.41, 5.74) is 4.31. The van der Waals surface area contributed by atoms with E-state index in [1.807, 2.05) is 20.8 Å². The van der Waals surface area contributed by atoms with Gasteiger partial charge in [0.25, 0.3) is 0 Å². The zero-order valence-corrected chi connectivity index (χ0v) is 10.1. The van der Waals surface area contributed by atoms with E-state index >= 15 is 0 Å². The minimum atomic E-state index is -0.699. The molecule has 1 rings (SSSR count). The van der Waals surface area contributed by atoms with Crippen molar-refractivity contribution in [1.82, 2.24) is 0 Å². The van der Waals surface area contributed by atoms with Crippen LogP contribution in [0.3, 0.4) is 0 Å². The van der Waals surface area contributed by atoms with E-state index in [1.165, 1.54) is 5.56 Å². The largest absolute Gasteiger partial charge is 0.376 e. The van der Waals surface area contributed by atoms with Crippen molar-refractivity contribution < 1.29 is 5.11 Å². The van der Waals surface area contributed by atoms with Crippen molar-refractivity contribution in [2.24, 2.45) is 0 Å². The topological polar surface area (TPSA) is 20.2 Å². The highest BCUT2D eigenvalue weighted by molar-refractivity contribution is 9.12. The molecule has 0 radical (unpaired) electrons. The fourth-order valence-corrected chi connectivity index (χ4v) is 1.96. The molecule has 1 atom stereocenters. The average molecular weight is 253 g/mol. The number of aliphatic hydroxyl groups excluding tert-OH is 1. The lowest BCUT2D eigenvalue weighted by Gasteiger charge is -2.12. The molecule has 0 amide bonds. The molecule has 0 aliphatic rings. The molecule has 14 heavy (non-hydrogen) atoms. The number of aryl methyl sites for hydroxylation is 3. The second-order valence-electron chi connectivity index (χ2n) is 3.45. The lowest BCUT2D eigenvalue weighted by Crippen LogP contribution is -2.01. The van der Waals surface area contributed by atoms with Crippen LogP contribution in [0.15, 0.2) is 12.1 Å². The smallest absolute Gasteiger partial charge is 0.141 e. The maximum Gasteiger partial charge on any atom is 0.141 e. The third-order valence-electron chi connectivity index (χ3n) is 2.20. The van der Waals surface area contributed by atoms with Crippen LogP contribution in [0.1, 0.15) is 28.4 Å². The van der Waals surface area contributed by atoms with Gasteiger partial charge in [-0.25, -0.2) is 0 Å². The van der Waals surface area contributed by atoms with Gasteiger partial charge in [-0.2, -0.15) is 0 Å². The molecular formula is C12H13BrO. The van der Waals surface area contributed by atoms with Gasteiger partial charge < -0.3 is 5.11 Å². The van der Waals surface area contributed by atoms with Crippen molar-refractivity contribution in [3.05, 3.63) is 34.4 Å². The molecule has 0 spiro atoms. The first kappa shape index (κ1) is 11.3. The van der Waals surface area contributed by atoms with E-state index in [1.54, 1.807) is 0 Å². The molecular weight excluding hydrogens is 240 g/mol. The van der Waals surface area contributed by atoms with E-state index in [9.17, 15) is 5.11 Å². The molecule has 2 heteroatoms. The first-order chi connectivity index (χ1) is 6.56. The van der Waals surface area contributed by atoms with Gasteiger partial charge in [0.2, 0.25) is 0 Å². The van der Waals surface area contributed by atoms with Gasteiger partial charge in [-0.05, 0) is 42.3 Å². The molecule has 0 aliphatic carbocycles. The lowest BCUT2D eigenvalue weighted by atomic mass is 9.96. The second-order valence-corrected chi connectivity index (χ2v) is 3.85. The van der Waals surface area contributed by atoms with Crippen LogP contribution in [0.25, 0.3) is 0 Å². The van der Waals surface area contributed by atoms with Gasteiger partial charge in [-0.15, -0.1) is 0 Å². The van der Waals surface area contributed by atoms with Crippen LogP contribution in [-0.2, 0) is 0 Å². The van der Waals surface area contributed by atoms with Crippen molar-refractivity contribution in [2.75, 3.05) is 0 Å². The quantitative estimate of drug-likeness (QED) is 0.763. The molecule has 0 unspecified atom stereocenters. The summed E-state index contributed by atoms with van der Waals surface area (Å²) in [6, 6.07) is 4.11. The van der Waals surface area contributed by atoms with Crippen molar-refractivity contribution >= 4 is 15.9 Å². The fourth-order valence-electron chi connectivity index (χ4n) is 1.75. The van der Waals surface area contributed by atoms with Crippen LogP contribution in [0.4, 0.5) is 0 Å². The predicted octanol–water partition coefficient (Wildman–Crippen LogP) is 3.00. The Balaban J connectivity index is 3.25. The van der Waals surface area contributed by atoms with Gasteiger partial charge in [-0.3, -0.25) is 0 Å². The molecule has 0 heterocycles. The third kappa shape index (κ3) is 2.37. The minimum absolute atomic E-state index is 0.699. The highest BCUT2D eigenvalue weighted by Crippen LogP contribution is 2.22. The summed E-state index contributed by atoms with van der Waals surface area (Å²) in [6.45, 7) is 6.04. The van der Waals surface area contributed by atoms with E-state index in [0.717, 1.165) is 16.7 Å². The van der Waals surface area contributed by atoms with E-state index in [4.69, 9.17) is 0 Å². The number of benzene rings is 1. The van der Waals surface area contributed by atoms with Crippen LogP contribution in [0, 0.1) is 31.5 Å². The standard InChI is InChI=1S/C12H13BrO/c1-8-6-9(2)12(10(3)7-8)11(14)4-5-13/h6-7,11,14H,1-3H3/t11-/m0/s1. The first-order valence-electron chi connectivity index (χ1n) is 4.43. The predicted molar refractivity (Wildman–Crippen MR) is 62.3 cm³/mol. The Morgan fingerprint density at radius 1 is 1.21 bits per heavy atom. The van der Waals surface area contributed by atoms with Crippen LogP contribution in [-0.4, -0.2) is 5.11 Å². The van der Waals surface area contributed by atoms with E-state index in [-0.39, 0.29) is 0 Å². The summed E-state index contributed by atoms with van der Waals surface area (Å²) >= 11 is 2.99. The molecule has 0 aliphatic heterocycles. The Bertz CT molecular complexity index is 376. The highest BCUT2D eigenvalue weighted by atomic mass is 79.9. The fraction of sp³-hybridized carbons (Fsp3) is 0.333. The molecule has 0 aromatic heterocycles. The van der Waals surface area contributed by atoms with Gasteiger partial charge in [0, 0.05) is 15.9 Å². The maximum absolute atomic E-state index is 9.77. The molecule has 1 nitrogen and oxygen atoms in total. The third-order valence-corrected chi connectivity index (χ3v) is 2.43. The molecule has 1 aromatic carbocycles. The van der Waals surface area contributed by atoms with Crippen molar-refractivity contribution in [2.45, 2.75) is 26.9 Å². The Morgan fingerprint density at radius 2 is 1.71 bits per heavy atom. The van der Waals surface area contributed by atoms with Crippen LogP contribution < -0.4 is 0 Å². The number of aliphatic hydroxyl groups is 1. The highest BCUT2D eigenvalue weighted by Gasteiger charge is 2.10. The lowest BCUT2D eigenvalue weighted by molar-refractivity contribution is 0.237. The Hall–Kier alpha value is -0.780. The molecule has 74 valence electrons. The number of halogens is 1. The summed E-state index contributed by atoms with van der Waals surface area (Å²) < 4.78 is 0. The maximum atomic E-state index is 9.77. The van der Waals surface area contributed by atoms with Crippen LogP contribution in [0.5, 0.6) is 0 Å². The van der Waals surface area contributed by atoms with Crippen molar-refractivity contribution in [3.63, 3.8) is 0 Å². The minimum Gasteiger partial charge on any atom is -0.376 e. The number of hydrogen-bond donors (Lipinski definition) is 1. The van der Waals surface area contributed by atoms with Crippen molar-refractivity contribution in [3.8, 4) is 10.8 Å². The molecule has 0 bridgehead atoms. The summed E-state index contributed by atoms with van der Waals surface area (Å²) in [6.07, 6.45) is -0.699. The van der Waals surface area contributed by atoms with Gasteiger partial charge in [0.05, 0.1) is 0 Å². The average Bonchev–Trinajstić information content (AvgIpc) is 2.01. The summed E-state index contributed by atoms with van der Waals surface area (Å²) in [5, 5.41) is 9.77. The molecule has 0 saturated carbocycles. The van der Waals surface area contributed by atoms with Gasteiger partial charge >= 0.3 is 0 Å². The second kappa shape index (κ2) is 4.63. The molecule has 1 N–H and O–H groups in total. The van der Waals surface area contributed by atoms with Gasteiger partial charge in [-0.1, -0.05) is 23.6 Å². The summed E-state index contributed by atoms with van der Waals surface area (Å²) in [7, 11) is 0. The molecule has 0 fully saturated rings. The Labute approximate surface area is 93.3 Å². The van der Waals surface area contributed by atoms with E-state index < -0.39 is 6.10 Å². The summed E-state index contributed by atoms with van der Waals surface area (Å²) in [4.78, 5) is 2.55. The van der Waals surface area contributed by atoms with E-state index in [2.05, 4.69) is 38.8 Å². The molecule has 0 saturated heterocycles. The number of rotatable bonds is 1. The zero-order chi connectivity index (χ0) is 10.7. The number of hydrogen-bond acceptors (Lipinski definition) is 1. The van der Waals surface area contributed by atoms with Gasteiger partial charge in [0.15, 0.2) is 0 Å². The zero-order valence-electron chi connectivity index (χ0n) is 8.56. The van der Waals surface area contributed by atoms with E-state index in [0.29, 0.717) is 0 Å². The SMILES string of the molecule is Cc1cc(C)c([C@@H](O)C#CBr)c(C)c1. The first-order valence-corrected chi connectivity index (χ1v) is 5.22. The van der Waals surface area contributed by atoms with Crippen molar-refractivity contribution in [1.29, 1.82) is 0 Å². The normalized spacial score (nSPS) is 11.8. The summed E-state index contributed by atoms with van der Waals surface area (Å²) in [5.74, 6) is 2.69. The Morgan fingerprint density at radius 3 is 2.14 bits per heavy atom. The monoisotopic (exact) mass is 252 g/mol. The van der Waals surface area contributed by atoms with Crippen LogP contribution >= 0.6 is 15.9 Å². The molecule has 1 aromatic rings.